The summed E-state index contributed by atoms with van der Waals surface area (Å²) >= 11 is 0. The van der Waals surface area contributed by atoms with Gasteiger partial charge in [-0.1, -0.05) is 0 Å². The molecule has 128 valence electrons. The zero-order chi connectivity index (χ0) is 17.2. The number of benzene rings is 1. The zero-order valence-electron chi connectivity index (χ0n) is 12.5. The Bertz CT molecular complexity index is 710. The van der Waals surface area contributed by atoms with Crippen LogP contribution in [0.1, 0.15) is 18.9 Å². The molecule has 1 aromatic carbocycles. The molecule has 2 aromatic rings. The normalized spacial score (nSPS) is 14.6. The van der Waals surface area contributed by atoms with E-state index >= 15 is 0 Å². The van der Waals surface area contributed by atoms with Gasteiger partial charge in [0.1, 0.15) is 13.2 Å². The molecule has 1 amide bonds. The molecule has 1 fully saturated rings. The summed E-state index contributed by atoms with van der Waals surface area (Å²) in [7, 11) is 0. The number of nitrogens with zero attached hydrogens (tertiary/aromatic N) is 4. The molecule has 3 rings (SSSR count). The molecular weight excluding hydrogens is 327 g/mol. The lowest BCUT2D eigenvalue weighted by molar-refractivity contribution is -0.174. The van der Waals surface area contributed by atoms with Gasteiger partial charge in [-0.2, -0.15) is 13.2 Å². The third-order valence-corrected chi connectivity index (χ3v) is 3.31. The third-order valence-electron chi connectivity index (χ3n) is 3.31. The maximum absolute atomic E-state index is 11.9. The lowest BCUT2D eigenvalue weighted by Crippen LogP contribution is -2.23. The van der Waals surface area contributed by atoms with Gasteiger partial charge < -0.3 is 10.1 Å². The number of halogens is 3. The van der Waals surface area contributed by atoms with Crippen molar-refractivity contribution < 1.29 is 22.7 Å². The molecule has 0 radical (unpaired) electrons. The Morgan fingerprint density at radius 1 is 1.29 bits per heavy atom. The van der Waals surface area contributed by atoms with Crippen molar-refractivity contribution in [3.63, 3.8) is 0 Å². The van der Waals surface area contributed by atoms with Crippen molar-refractivity contribution in [3.8, 4) is 11.4 Å². The summed E-state index contributed by atoms with van der Waals surface area (Å²) in [6.07, 6.45) is -2.36. The molecule has 0 saturated heterocycles. The number of hydrogen-bond donors (Lipinski definition) is 1. The van der Waals surface area contributed by atoms with E-state index < -0.39 is 25.3 Å². The van der Waals surface area contributed by atoms with Gasteiger partial charge in [-0.25, -0.2) is 4.68 Å². The fourth-order valence-corrected chi connectivity index (χ4v) is 2.11. The van der Waals surface area contributed by atoms with E-state index in [-0.39, 0.29) is 0 Å². The number of anilines is 1. The molecule has 1 heterocycles. The van der Waals surface area contributed by atoms with Crippen molar-refractivity contribution in [2.75, 3.05) is 18.5 Å². The van der Waals surface area contributed by atoms with E-state index in [4.69, 9.17) is 0 Å². The Hall–Kier alpha value is -2.49. The van der Waals surface area contributed by atoms with Gasteiger partial charge in [0.2, 0.25) is 5.91 Å². The molecule has 0 spiro atoms. The molecule has 0 aliphatic heterocycles. The molecule has 0 atom stereocenters. The van der Waals surface area contributed by atoms with Gasteiger partial charge in [0.05, 0.1) is 6.04 Å². The standard InChI is InChI=1S/C14H14F3N5O2/c15-14(16,17)8-24-7-12(23)18-10-3-1-9(2-4-10)13-19-20-21-22(13)11-5-6-11/h1-4,11H,5-8H2,(H,18,23). The molecule has 1 saturated carbocycles. The number of hydrogen-bond acceptors (Lipinski definition) is 5. The number of carbonyl (C=O) groups is 1. The summed E-state index contributed by atoms with van der Waals surface area (Å²) in [5.41, 5.74) is 1.24. The molecule has 10 heteroatoms. The molecular formula is C14H14F3N5O2. The van der Waals surface area contributed by atoms with Gasteiger partial charge in [-0.15, -0.1) is 5.10 Å². The average molecular weight is 341 g/mol. The van der Waals surface area contributed by atoms with E-state index in [2.05, 4.69) is 25.6 Å². The molecule has 1 aliphatic carbocycles. The number of amides is 1. The van der Waals surface area contributed by atoms with Crippen molar-refractivity contribution in [1.29, 1.82) is 0 Å². The van der Waals surface area contributed by atoms with Crippen LogP contribution in [0.5, 0.6) is 0 Å². The van der Waals surface area contributed by atoms with Crippen LogP contribution in [0.15, 0.2) is 24.3 Å². The van der Waals surface area contributed by atoms with Crippen molar-refractivity contribution in [1.82, 2.24) is 20.2 Å². The first-order valence-electron chi connectivity index (χ1n) is 7.25. The number of rotatable bonds is 6. The van der Waals surface area contributed by atoms with Crippen LogP contribution in [-0.4, -0.2) is 45.5 Å². The zero-order valence-corrected chi connectivity index (χ0v) is 12.5. The quantitative estimate of drug-likeness (QED) is 0.871. The van der Waals surface area contributed by atoms with Crippen LogP contribution >= 0.6 is 0 Å². The SMILES string of the molecule is O=C(COCC(F)(F)F)Nc1ccc(-c2nnnn2C2CC2)cc1. The van der Waals surface area contributed by atoms with Crippen molar-refractivity contribution in [3.05, 3.63) is 24.3 Å². The number of alkyl halides is 3. The molecule has 24 heavy (non-hydrogen) atoms. The Balaban J connectivity index is 1.56. The second kappa shape index (κ2) is 6.56. The first kappa shape index (κ1) is 16.4. The lowest BCUT2D eigenvalue weighted by Gasteiger charge is -2.09. The minimum atomic E-state index is -4.45. The van der Waals surface area contributed by atoms with Gasteiger partial charge in [0.25, 0.3) is 0 Å². The Kier molecular flexibility index (Phi) is 4.47. The molecule has 0 unspecified atom stereocenters. The summed E-state index contributed by atoms with van der Waals surface area (Å²) < 4.78 is 41.9. The van der Waals surface area contributed by atoms with E-state index in [1.54, 1.807) is 28.9 Å². The highest BCUT2D eigenvalue weighted by Crippen LogP contribution is 2.36. The summed E-state index contributed by atoms with van der Waals surface area (Å²) in [5, 5.41) is 14.1. The maximum atomic E-state index is 11.9. The maximum Gasteiger partial charge on any atom is 0.411 e. The average Bonchev–Trinajstić information content (AvgIpc) is 3.24. The number of tetrazole rings is 1. The van der Waals surface area contributed by atoms with Crippen molar-refractivity contribution in [2.45, 2.75) is 25.1 Å². The van der Waals surface area contributed by atoms with Crippen molar-refractivity contribution in [2.24, 2.45) is 0 Å². The summed E-state index contributed by atoms with van der Waals surface area (Å²) in [5.74, 6) is -0.0151. The highest BCUT2D eigenvalue weighted by Gasteiger charge is 2.28. The monoisotopic (exact) mass is 341 g/mol. The largest absolute Gasteiger partial charge is 0.411 e. The van der Waals surface area contributed by atoms with Crippen LogP contribution < -0.4 is 5.32 Å². The first-order valence-corrected chi connectivity index (χ1v) is 7.25. The number of nitrogens with one attached hydrogen (secondary N) is 1. The van der Waals surface area contributed by atoms with Crippen LogP contribution in [-0.2, 0) is 9.53 Å². The number of carbonyl (C=O) groups excluding carboxylic acids is 1. The Labute approximate surface area is 134 Å². The minimum absolute atomic E-state index is 0.333. The van der Waals surface area contributed by atoms with Gasteiger partial charge in [0, 0.05) is 11.3 Å². The fourth-order valence-electron chi connectivity index (χ4n) is 2.11. The topological polar surface area (TPSA) is 81.9 Å². The van der Waals surface area contributed by atoms with Crippen LogP contribution in [0.3, 0.4) is 0 Å². The van der Waals surface area contributed by atoms with Crippen LogP contribution in [0.4, 0.5) is 18.9 Å². The van der Waals surface area contributed by atoms with Gasteiger partial charge >= 0.3 is 6.18 Å². The van der Waals surface area contributed by atoms with E-state index in [9.17, 15) is 18.0 Å². The second-order valence-electron chi connectivity index (χ2n) is 5.41. The summed E-state index contributed by atoms with van der Waals surface area (Å²) in [6, 6.07) is 7.06. The molecule has 0 bridgehead atoms. The molecule has 1 aliphatic rings. The predicted molar refractivity (Wildman–Crippen MR) is 77.0 cm³/mol. The minimum Gasteiger partial charge on any atom is -0.362 e. The molecule has 1 N–H and O–H groups in total. The smallest absolute Gasteiger partial charge is 0.362 e. The van der Waals surface area contributed by atoms with Crippen LogP contribution in [0.2, 0.25) is 0 Å². The lowest BCUT2D eigenvalue weighted by atomic mass is 10.2. The summed E-state index contributed by atoms with van der Waals surface area (Å²) in [6.45, 7) is -2.12. The van der Waals surface area contributed by atoms with E-state index in [0.29, 0.717) is 17.6 Å². The number of ether oxygens (including phenoxy) is 1. The van der Waals surface area contributed by atoms with Crippen LogP contribution in [0, 0.1) is 0 Å². The molecule has 1 aromatic heterocycles. The van der Waals surface area contributed by atoms with Gasteiger partial charge in [-0.05, 0) is 47.5 Å². The van der Waals surface area contributed by atoms with E-state index in [1.165, 1.54) is 0 Å². The van der Waals surface area contributed by atoms with Gasteiger partial charge in [-0.3, -0.25) is 4.79 Å². The van der Waals surface area contributed by atoms with E-state index in [0.717, 1.165) is 18.4 Å². The molecule has 7 nitrogen and oxygen atoms in total. The highest BCUT2D eigenvalue weighted by molar-refractivity contribution is 5.91. The Morgan fingerprint density at radius 2 is 2.00 bits per heavy atom. The first-order chi connectivity index (χ1) is 11.4. The van der Waals surface area contributed by atoms with E-state index in [1.807, 2.05) is 0 Å². The number of aromatic nitrogens is 4. The second-order valence-corrected chi connectivity index (χ2v) is 5.41. The summed E-state index contributed by atoms with van der Waals surface area (Å²) in [4.78, 5) is 11.5. The van der Waals surface area contributed by atoms with Gasteiger partial charge in [0.15, 0.2) is 5.82 Å². The van der Waals surface area contributed by atoms with Crippen LogP contribution in [0.25, 0.3) is 11.4 Å². The third kappa shape index (κ3) is 4.28. The Morgan fingerprint density at radius 3 is 2.62 bits per heavy atom. The fraction of sp³-hybridized carbons (Fsp3) is 0.429. The predicted octanol–water partition coefficient (Wildman–Crippen LogP) is 2.19. The van der Waals surface area contributed by atoms with Crippen molar-refractivity contribution >= 4 is 11.6 Å². The highest BCUT2D eigenvalue weighted by atomic mass is 19.4.